The Morgan fingerprint density at radius 3 is 2.31 bits per heavy atom. The summed E-state index contributed by atoms with van der Waals surface area (Å²) in [6, 6.07) is 0. The first-order valence-electron chi connectivity index (χ1n) is 4.18. The van der Waals surface area contributed by atoms with Gasteiger partial charge in [0.1, 0.15) is 6.10 Å². The van der Waals surface area contributed by atoms with Crippen LogP contribution in [0.2, 0.25) is 0 Å². The number of ether oxygens (including phenoxy) is 2. The van der Waals surface area contributed by atoms with Crippen molar-refractivity contribution < 1.29 is 14.6 Å². The summed E-state index contributed by atoms with van der Waals surface area (Å²) >= 11 is 0. The molecular weight excluding hydrogens is 174 g/mol. The van der Waals surface area contributed by atoms with Gasteiger partial charge in [0.15, 0.2) is 6.29 Å². The average molecular weight is 189 g/mol. The van der Waals surface area contributed by atoms with E-state index in [1.807, 2.05) is 0 Å². The van der Waals surface area contributed by atoms with E-state index in [0.717, 1.165) is 0 Å². The van der Waals surface area contributed by atoms with Crippen LogP contribution in [0.3, 0.4) is 0 Å². The van der Waals surface area contributed by atoms with Gasteiger partial charge in [-0.25, -0.2) is 0 Å². The fourth-order valence-corrected chi connectivity index (χ4v) is 0.805. The van der Waals surface area contributed by atoms with Gasteiger partial charge in [0, 0.05) is 18.1 Å². The molecule has 0 saturated heterocycles. The summed E-state index contributed by atoms with van der Waals surface area (Å²) in [7, 11) is 0. The van der Waals surface area contributed by atoms with Crippen molar-refractivity contribution >= 4 is 0 Å². The molecule has 0 amide bonds. The van der Waals surface area contributed by atoms with Crippen molar-refractivity contribution in [3.05, 3.63) is 10.4 Å². The van der Waals surface area contributed by atoms with Gasteiger partial charge >= 0.3 is 0 Å². The number of aliphatic hydroxyl groups excluding tert-OH is 1. The number of hydrogen-bond donors (Lipinski definition) is 1. The van der Waals surface area contributed by atoms with E-state index in [2.05, 4.69) is 10.0 Å². The molecule has 0 spiro atoms. The Bertz CT molecular complexity index is 164. The predicted octanol–water partition coefficient (Wildman–Crippen LogP) is 1.06. The smallest absolute Gasteiger partial charge is 0.183 e. The molecule has 0 aliphatic heterocycles. The molecule has 0 saturated carbocycles. The summed E-state index contributed by atoms with van der Waals surface area (Å²) < 4.78 is 10.2. The average Bonchev–Trinajstić information content (AvgIpc) is 2.14. The highest BCUT2D eigenvalue weighted by Gasteiger charge is 2.18. The Balaban J connectivity index is 3.92. The molecule has 0 aliphatic rings. The highest BCUT2D eigenvalue weighted by Crippen LogP contribution is 2.02. The van der Waals surface area contributed by atoms with E-state index in [-0.39, 0.29) is 6.54 Å². The summed E-state index contributed by atoms with van der Waals surface area (Å²) in [4.78, 5) is 2.53. The van der Waals surface area contributed by atoms with Crippen LogP contribution in [0.4, 0.5) is 0 Å². The highest BCUT2D eigenvalue weighted by atomic mass is 16.7. The minimum Gasteiger partial charge on any atom is -0.388 e. The zero-order chi connectivity index (χ0) is 10.1. The molecule has 0 bridgehead atoms. The first kappa shape index (κ1) is 12.2. The quantitative estimate of drug-likeness (QED) is 0.281. The lowest BCUT2D eigenvalue weighted by atomic mass is 10.3. The maximum Gasteiger partial charge on any atom is 0.183 e. The van der Waals surface area contributed by atoms with Crippen LogP contribution in [0.15, 0.2) is 5.11 Å². The van der Waals surface area contributed by atoms with Crippen molar-refractivity contribution in [3.63, 3.8) is 0 Å². The maximum absolute atomic E-state index is 9.39. The number of nitrogens with zero attached hydrogens (tertiary/aromatic N) is 3. The van der Waals surface area contributed by atoms with Crippen LogP contribution in [-0.4, -0.2) is 37.3 Å². The minimum absolute atomic E-state index is 0.0405. The third-order valence-corrected chi connectivity index (χ3v) is 1.31. The molecule has 0 aliphatic carbocycles. The molecule has 0 fully saturated rings. The molecule has 0 aromatic heterocycles. The van der Waals surface area contributed by atoms with Crippen LogP contribution in [0.25, 0.3) is 10.4 Å². The van der Waals surface area contributed by atoms with E-state index in [4.69, 9.17) is 15.0 Å². The Morgan fingerprint density at radius 1 is 1.38 bits per heavy atom. The third kappa shape index (κ3) is 5.43. The van der Waals surface area contributed by atoms with E-state index >= 15 is 0 Å². The summed E-state index contributed by atoms with van der Waals surface area (Å²) in [6.07, 6.45) is -1.61. The normalized spacial score (nSPS) is 12.6. The molecule has 6 nitrogen and oxygen atoms in total. The number of aliphatic hydroxyl groups is 1. The van der Waals surface area contributed by atoms with Gasteiger partial charge < -0.3 is 14.6 Å². The van der Waals surface area contributed by atoms with Gasteiger partial charge in [-0.1, -0.05) is 5.11 Å². The molecular formula is C7H15N3O3. The van der Waals surface area contributed by atoms with Crippen LogP contribution >= 0.6 is 0 Å². The van der Waals surface area contributed by atoms with E-state index in [0.29, 0.717) is 13.2 Å². The molecule has 0 radical (unpaired) electrons. The van der Waals surface area contributed by atoms with E-state index in [1.165, 1.54) is 0 Å². The standard InChI is InChI=1S/C7H15N3O3/c1-3-12-7(13-4-2)6(11)5-9-10-8/h6-7,11H,3-5H2,1-2H3/t6-/m1/s1. The van der Waals surface area contributed by atoms with Crippen molar-refractivity contribution in [1.82, 2.24) is 0 Å². The largest absolute Gasteiger partial charge is 0.388 e. The molecule has 0 aromatic rings. The van der Waals surface area contributed by atoms with Crippen LogP contribution in [0.1, 0.15) is 13.8 Å². The zero-order valence-corrected chi connectivity index (χ0v) is 7.88. The molecule has 0 unspecified atom stereocenters. The second kappa shape index (κ2) is 7.82. The van der Waals surface area contributed by atoms with Crippen molar-refractivity contribution in [2.45, 2.75) is 26.2 Å². The first-order valence-corrected chi connectivity index (χ1v) is 4.18. The van der Waals surface area contributed by atoms with Crippen LogP contribution in [0.5, 0.6) is 0 Å². The predicted molar refractivity (Wildman–Crippen MR) is 47.1 cm³/mol. The van der Waals surface area contributed by atoms with Crippen molar-refractivity contribution in [3.8, 4) is 0 Å². The second-order valence-corrected chi connectivity index (χ2v) is 2.26. The summed E-state index contributed by atoms with van der Waals surface area (Å²) in [5.41, 5.74) is 8.02. The molecule has 13 heavy (non-hydrogen) atoms. The fraction of sp³-hybridized carbons (Fsp3) is 1.00. The molecule has 0 rings (SSSR count). The van der Waals surface area contributed by atoms with Gasteiger partial charge in [0.25, 0.3) is 0 Å². The highest BCUT2D eigenvalue weighted by molar-refractivity contribution is 4.63. The zero-order valence-electron chi connectivity index (χ0n) is 7.88. The van der Waals surface area contributed by atoms with Crippen LogP contribution in [0, 0.1) is 0 Å². The number of azide groups is 1. The molecule has 76 valence electrons. The van der Waals surface area contributed by atoms with Crippen LogP contribution in [-0.2, 0) is 9.47 Å². The van der Waals surface area contributed by atoms with Crippen molar-refractivity contribution in [2.24, 2.45) is 5.11 Å². The lowest BCUT2D eigenvalue weighted by Crippen LogP contribution is -2.34. The van der Waals surface area contributed by atoms with E-state index in [9.17, 15) is 5.11 Å². The topological polar surface area (TPSA) is 87.5 Å². The fourth-order valence-electron chi connectivity index (χ4n) is 0.805. The van der Waals surface area contributed by atoms with Crippen molar-refractivity contribution in [1.29, 1.82) is 0 Å². The lowest BCUT2D eigenvalue weighted by Gasteiger charge is -2.20. The van der Waals surface area contributed by atoms with Gasteiger partial charge in [-0.15, -0.1) is 0 Å². The summed E-state index contributed by atoms with van der Waals surface area (Å²) in [5.74, 6) is 0. The van der Waals surface area contributed by atoms with Gasteiger partial charge in [0.2, 0.25) is 0 Å². The maximum atomic E-state index is 9.39. The Labute approximate surface area is 77.1 Å². The molecule has 1 N–H and O–H groups in total. The minimum atomic E-state index is -0.907. The Kier molecular flexibility index (Phi) is 7.33. The van der Waals surface area contributed by atoms with Gasteiger partial charge in [0.05, 0.1) is 6.54 Å². The second-order valence-electron chi connectivity index (χ2n) is 2.26. The van der Waals surface area contributed by atoms with E-state index < -0.39 is 12.4 Å². The van der Waals surface area contributed by atoms with E-state index in [1.54, 1.807) is 13.8 Å². The van der Waals surface area contributed by atoms with Crippen molar-refractivity contribution in [2.75, 3.05) is 19.8 Å². The van der Waals surface area contributed by atoms with Gasteiger partial charge in [-0.2, -0.15) is 0 Å². The lowest BCUT2D eigenvalue weighted by molar-refractivity contribution is -0.186. The van der Waals surface area contributed by atoms with Crippen LogP contribution < -0.4 is 0 Å². The first-order chi connectivity index (χ1) is 6.26. The molecule has 0 aromatic carbocycles. The summed E-state index contributed by atoms with van der Waals surface area (Å²) in [6.45, 7) is 4.44. The number of rotatable bonds is 7. The van der Waals surface area contributed by atoms with Gasteiger partial charge in [-0.3, -0.25) is 0 Å². The monoisotopic (exact) mass is 189 g/mol. The third-order valence-electron chi connectivity index (χ3n) is 1.31. The molecule has 0 heterocycles. The summed E-state index contributed by atoms with van der Waals surface area (Å²) in [5, 5.41) is 12.6. The van der Waals surface area contributed by atoms with Gasteiger partial charge in [-0.05, 0) is 19.4 Å². The SMILES string of the molecule is CCOC(OCC)[C@H](O)CN=[N+]=[N-]. The Hall–Kier alpha value is -0.810. The Morgan fingerprint density at radius 2 is 1.92 bits per heavy atom. The molecule has 6 heteroatoms. The number of hydrogen-bond acceptors (Lipinski definition) is 4. The molecule has 1 atom stereocenters.